The maximum Gasteiger partial charge on any atom is 0.387 e. The van der Waals surface area contributed by atoms with Crippen LogP contribution < -0.4 is 10.5 Å². The monoisotopic (exact) mass is 265 g/mol. The minimum absolute atomic E-state index is 0.0163. The van der Waals surface area contributed by atoms with Crippen molar-refractivity contribution < 1.29 is 23.0 Å². The summed E-state index contributed by atoms with van der Waals surface area (Å²) in [5.74, 6) is -1.10. The van der Waals surface area contributed by atoms with Gasteiger partial charge in [-0.3, -0.25) is 0 Å². The average molecular weight is 266 g/mol. The lowest BCUT2D eigenvalue weighted by atomic mass is 10.1. The molecule has 0 heterocycles. The first-order valence-corrected chi connectivity index (χ1v) is 5.05. The van der Waals surface area contributed by atoms with Crippen molar-refractivity contribution in [1.82, 2.24) is 0 Å². The van der Waals surface area contributed by atoms with Gasteiger partial charge in [-0.05, 0) is 19.1 Å². The molecular weight excluding hydrogens is 256 g/mol. The second-order valence-electron chi connectivity index (χ2n) is 2.93. The number of esters is 1. The van der Waals surface area contributed by atoms with E-state index in [0.29, 0.717) is 0 Å². The van der Waals surface area contributed by atoms with Crippen LogP contribution in [0.3, 0.4) is 0 Å². The van der Waals surface area contributed by atoms with Gasteiger partial charge >= 0.3 is 12.6 Å². The van der Waals surface area contributed by atoms with Crippen molar-refractivity contribution in [3.63, 3.8) is 0 Å². The number of carbonyl (C=O) groups excluding carboxylic acids is 1. The molecule has 0 aromatic heterocycles. The predicted molar refractivity (Wildman–Crippen MR) is 58.5 cm³/mol. The number of alkyl halides is 2. The van der Waals surface area contributed by atoms with Crippen molar-refractivity contribution in [3.8, 4) is 5.75 Å². The molecule has 0 unspecified atom stereocenters. The highest BCUT2D eigenvalue weighted by Crippen LogP contribution is 2.32. The summed E-state index contributed by atoms with van der Waals surface area (Å²) in [6.07, 6.45) is 0. The fourth-order valence-electron chi connectivity index (χ4n) is 1.18. The summed E-state index contributed by atoms with van der Waals surface area (Å²) in [6.45, 7) is -1.32. The normalized spacial score (nSPS) is 10.4. The van der Waals surface area contributed by atoms with E-state index in [9.17, 15) is 13.6 Å². The molecule has 94 valence electrons. The van der Waals surface area contributed by atoms with Gasteiger partial charge < -0.3 is 15.2 Å². The number of nitrogens with two attached hydrogens (primary N) is 1. The fraction of sp³-hybridized carbons (Fsp3) is 0.300. The lowest BCUT2D eigenvalue weighted by Crippen LogP contribution is -2.11. The van der Waals surface area contributed by atoms with Crippen molar-refractivity contribution in [2.24, 2.45) is 0 Å². The molecule has 0 aliphatic rings. The lowest BCUT2D eigenvalue weighted by molar-refractivity contribution is -0.0494. The van der Waals surface area contributed by atoms with Crippen molar-refractivity contribution in [2.45, 2.75) is 13.5 Å². The Kier molecular flexibility index (Phi) is 4.51. The molecule has 4 nitrogen and oxygen atoms in total. The molecule has 17 heavy (non-hydrogen) atoms. The Labute approximate surface area is 101 Å². The molecule has 1 rings (SSSR count). The van der Waals surface area contributed by atoms with Gasteiger partial charge in [-0.1, -0.05) is 11.6 Å². The van der Waals surface area contributed by atoms with Crippen LogP contribution in [-0.4, -0.2) is 19.2 Å². The zero-order chi connectivity index (χ0) is 13.0. The first kappa shape index (κ1) is 13.5. The van der Waals surface area contributed by atoms with Crippen LogP contribution >= 0.6 is 11.6 Å². The topological polar surface area (TPSA) is 61.5 Å². The first-order chi connectivity index (χ1) is 7.97. The Bertz CT molecular complexity index is 426. The van der Waals surface area contributed by atoms with Gasteiger partial charge in [-0.2, -0.15) is 8.78 Å². The summed E-state index contributed by atoms with van der Waals surface area (Å²) in [6, 6.07) is 2.40. The van der Waals surface area contributed by atoms with Crippen LogP contribution in [0, 0.1) is 0 Å². The van der Waals surface area contributed by atoms with Gasteiger partial charge in [0.1, 0.15) is 11.3 Å². The van der Waals surface area contributed by atoms with Crippen LogP contribution in [0.2, 0.25) is 5.02 Å². The summed E-state index contributed by atoms with van der Waals surface area (Å²) >= 11 is 5.74. The van der Waals surface area contributed by atoms with Crippen LogP contribution in [-0.2, 0) is 4.74 Å². The van der Waals surface area contributed by atoms with Crippen LogP contribution in [0.5, 0.6) is 5.75 Å². The molecule has 2 N–H and O–H groups in total. The molecular formula is C10H10ClF2NO3. The second kappa shape index (κ2) is 5.67. The third-order valence-electron chi connectivity index (χ3n) is 1.85. The largest absolute Gasteiger partial charge is 0.462 e. The summed E-state index contributed by atoms with van der Waals surface area (Å²) in [4.78, 5) is 11.5. The van der Waals surface area contributed by atoms with Crippen molar-refractivity contribution in [3.05, 3.63) is 22.7 Å². The first-order valence-electron chi connectivity index (χ1n) is 4.67. The molecule has 0 saturated carbocycles. The molecule has 1 aromatic carbocycles. The number of carbonyl (C=O) groups is 1. The van der Waals surface area contributed by atoms with Gasteiger partial charge in [0.25, 0.3) is 0 Å². The minimum Gasteiger partial charge on any atom is -0.462 e. The summed E-state index contributed by atoms with van der Waals surface area (Å²) in [7, 11) is 0. The standard InChI is InChI=1S/C10H10ClF2NO3/c1-2-16-9(15)7-5(11)3-4-6(8(7)14)17-10(12)13/h3-4,10H,2,14H2,1H3. The molecule has 7 heteroatoms. The van der Waals surface area contributed by atoms with Crippen molar-refractivity contribution in [1.29, 1.82) is 0 Å². The molecule has 0 bridgehead atoms. The number of nitrogen functional groups attached to an aromatic ring is 1. The van der Waals surface area contributed by atoms with E-state index in [2.05, 4.69) is 4.74 Å². The Morgan fingerprint density at radius 2 is 2.18 bits per heavy atom. The molecule has 0 aliphatic carbocycles. The molecule has 0 atom stereocenters. The van der Waals surface area contributed by atoms with Crippen LogP contribution in [0.4, 0.5) is 14.5 Å². The molecule has 0 spiro atoms. The Morgan fingerprint density at radius 3 is 2.71 bits per heavy atom. The number of hydrogen-bond acceptors (Lipinski definition) is 4. The van der Waals surface area contributed by atoms with E-state index in [4.69, 9.17) is 22.1 Å². The zero-order valence-corrected chi connectivity index (χ0v) is 9.63. The highest BCUT2D eigenvalue weighted by Gasteiger charge is 2.20. The molecule has 0 aliphatic heterocycles. The summed E-state index contributed by atoms with van der Waals surface area (Å²) in [5, 5.41) is 0.0163. The molecule has 0 radical (unpaired) electrons. The smallest absolute Gasteiger partial charge is 0.387 e. The number of benzene rings is 1. The highest BCUT2D eigenvalue weighted by molar-refractivity contribution is 6.34. The van der Waals surface area contributed by atoms with Crippen molar-refractivity contribution in [2.75, 3.05) is 12.3 Å². The number of rotatable bonds is 4. The molecule has 0 fully saturated rings. The molecule has 0 saturated heterocycles. The van der Waals surface area contributed by atoms with E-state index in [0.717, 1.165) is 6.07 Å². The average Bonchev–Trinajstić information content (AvgIpc) is 2.22. The predicted octanol–water partition coefficient (Wildman–Crippen LogP) is 2.70. The lowest BCUT2D eigenvalue weighted by Gasteiger charge is -2.12. The summed E-state index contributed by atoms with van der Waals surface area (Å²) in [5.41, 5.74) is 5.08. The molecule has 1 aromatic rings. The van der Waals surface area contributed by atoms with Crippen LogP contribution in [0.15, 0.2) is 12.1 Å². The quantitative estimate of drug-likeness (QED) is 0.672. The van der Waals surface area contributed by atoms with Crippen LogP contribution in [0.1, 0.15) is 17.3 Å². The Morgan fingerprint density at radius 1 is 1.53 bits per heavy atom. The number of anilines is 1. The van der Waals surface area contributed by atoms with E-state index in [-0.39, 0.29) is 28.6 Å². The van der Waals surface area contributed by atoms with Gasteiger partial charge in [-0.15, -0.1) is 0 Å². The van der Waals surface area contributed by atoms with Gasteiger partial charge in [0, 0.05) is 0 Å². The molecule has 0 amide bonds. The SMILES string of the molecule is CCOC(=O)c1c(Cl)ccc(OC(F)F)c1N. The number of hydrogen-bond donors (Lipinski definition) is 1. The van der Waals surface area contributed by atoms with Gasteiger partial charge in [-0.25, -0.2) is 4.79 Å². The van der Waals surface area contributed by atoms with E-state index in [1.54, 1.807) is 6.92 Å². The Balaban J connectivity index is 3.15. The maximum atomic E-state index is 12.1. The fourth-order valence-corrected chi connectivity index (χ4v) is 1.43. The Hall–Kier alpha value is -1.56. The third kappa shape index (κ3) is 3.20. The summed E-state index contributed by atoms with van der Waals surface area (Å²) < 4.78 is 33.0. The number of ether oxygens (including phenoxy) is 2. The maximum absolute atomic E-state index is 12.1. The van der Waals surface area contributed by atoms with E-state index in [1.807, 2.05) is 0 Å². The van der Waals surface area contributed by atoms with Crippen molar-refractivity contribution >= 4 is 23.3 Å². The second-order valence-corrected chi connectivity index (χ2v) is 3.34. The minimum atomic E-state index is -3.03. The highest BCUT2D eigenvalue weighted by atomic mass is 35.5. The van der Waals surface area contributed by atoms with Gasteiger partial charge in [0.05, 0.1) is 17.3 Å². The van der Waals surface area contributed by atoms with E-state index < -0.39 is 12.6 Å². The number of halogens is 3. The van der Waals surface area contributed by atoms with Crippen LogP contribution in [0.25, 0.3) is 0 Å². The van der Waals surface area contributed by atoms with Gasteiger partial charge in [0.15, 0.2) is 0 Å². The third-order valence-corrected chi connectivity index (χ3v) is 2.17. The van der Waals surface area contributed by atoms with E-state index >= 15 is 0 Å². The van der Waals surface area contributed by atoms with E-state index in [1.165, 1.54) is 6.07 Å². The zero-order valence-electron chi connectivity index (χ0n) is 8.88. The van der Waals surface area contributed by atoms with Gasteiger partial charge in [0.2, 0.25) is 0 Å².